The Morgan fingerprint density at radius 2 is 1.72 bits per heavy atom. The maximum Gasteiger partial charge on any atom is 0.327 e. The van der Waals surface area contributed by atoms with E-state index in [9.17, 15) is 24.3 Å². The number of nitrogens with two attached hydrogens (primary N) is 1. The fourth-order valence-corrected chi connectivity index (χ4v) is 2.58. The topological polar surface area (TPSA) is 171 Å². The summed E-state index contributed by atoms with van der Waals surface area (Å²) in [4.78, 5) is 47.2. The van der Waals surface area contributed by atoms with Gasteiger partial charge in [-0.15, -0.1) is 0 Å². The molecule has 11 heteroatoms. The van der Waals surface area contributed by atoms with Gasteiger partial charge in [-0.3, -0.25) is 14.4 Å². The lowest BCUT2D eigenvalue weighted by Crippen LogP contribution is -2.57. The van der Waals surface area contributed by atoms with Gasteiger partial charge < -0.3 is 31.9 Å². The van der Waals surface area contributed by atoms with Crippen molar-refractivity contribution in [2.75, 3.05) is 12.3 Å². The van der Waals surface area contributed by atoms with Crippen LogP contribution in [0.2, 0.25) is 0 Å². The maximum absolute atomic E-state index is 12.3. The molecule has 0 radical (unpaired) electrons. The number of aliphatic hydroxyl groups is 1. The Labute approximate surface area is 173 Å². The monoisotopic (exact) mass is 426 g/mol. The Balaban J connectivity index is 2.60. The Morgan fingerprint density at radius 3 is 2.24 bits per heavy atom. The lowest BCUT2D eigenvalue weighted by atomic mass is 10.0. The number of carboxylic acids is 1. The number of carbonyl (C=O) groups is 4. The normalized spacial score (nSPS) is 14.8. The Morgan fingerprint density at radius 1 is 1.10 bits per heavy atom. The van der Waals surface area contributed by atoms with Gasteiger partial charge in [0.1, 0.15) is 12.1 Å². The first-order chi connectivity index (χ1) is 13.6. The zero-order valence-corrected chi connectivity index (χ0v) is 16.8. The number of aliphatic carboxylic acids is 1. The second-order valence-electron chi connectivity index (χ2n) is 6.38. The molecule has 160 valence electrons. The van der Waals surface area contributed by atoms with Gasteiger partial charge >= 0.3 is 5.97 Å². The number of nitrogens with one attached hydrogen (secondary N) is 3. The van der Waals surface area contributed by atoms with Gasteiger partial charge in [0.2, 0.25) is 17.7 Å². The van der Waals surface area contributed by atoms with Crippen LogP contribution in [0.5, 0.6) is 0 Å². The van der Waals surface area contributed by atoms with E-state index in [-0.39, 0.29) is 12.2 Å². The maximum atomic E-state index is 12.3. The number of thiol groups is 1. The van der Waals surface area contributed by atoms with Crippen molar-refractivity contribution in [3.63, 3.8) is 0 Å². The summed E-state index contributed by atoms with van der Waals surface area (Å²) in [7, 11) is 0. The third-order valence-corrected chi connectivity index (χ3v) is 4.30. The van der Waals surface area contributed by atoms with Crippen LogP contribution in [-0.2, 0) is 25.6 Å². The van der Waals surface area contributed by atoms with Crippen LogP contribution in [0.3, 0.4) is 0 Å². The summed E-state index contributed by atoms with van der Waals surface area (Å²) in [6.07, 6.45) is -1.01. The van der Waals surface area contributed by atoms with E-state index in [1.165, 1.54) is 6.92 Å². The number of carbonyl (C=O) groups excluding carboxylic acids is 3. The third-order valence-electron chi connectivity index (χ3n) is 3.94. The molecule has 0 aromatic heterocycles. The zero-order chi connectivity index (χ0) is 22.0. The first-order valence-electron chi connectivity index (χ1n) is 8.84. The number of aliphatic hydroxyl groups excluding tert-OH is 1. The third kappa shape index (κ3) is 8.50. The molecule has 29 heavy (non-hydrogen) atoms. The van der Waals surface area contributed by atoms with Gasteiger partial charge in [0.05, 0.1) is 18.7 Å². The van der Waals surface area contributed by atoms with Gasteiger partial charge in [-0.25, -0.2) is 4.79 Å². The molecule has 0 saturated heterocycles. The zero-order valence-electron chi connectivity index (χ0n) is 15.9. The minimum Gasteiger partial charge on any atom is -0.480 e. The van der Waals surface area contributed by atoms with Crippen LogP contribution in [0, 0.1) is 0 Å². The van der Waals surface area contributed by atoms with E-state index >= 15 is 0 Å². The van der Waals surface area contributed by atoms with Crippen LogP contribution >= 0.6 is 12.6 Å². The Kier molecular flexibility index (Phi) is 10.1. The summed E-state index contributed by atoms with van der Waals surface area (Å²) < 4.78 is 0. The molecule has 3 amide bonds. The van der Waals surface area contributed by atoms with E-state index in [2.05, 4.69) is 28.6 Å². The number of benzene rings is 1. The van der Waals surface area contributed by atoms with Crippen molar-refractivity contribution < 1.29 is 29.4 Å². The van der Waals surface area contributed by atoms with Crippen LogP contribution < -0.4 is 21.7 Å². The summed E-state index contributed by atoms with van der Waals surface area (Å²) in [5.41, 5.74) is 6.70. The second kappa shape index (κ2) is 12.0. The van der Waals surface area contributed by atoms with Crippen LogP contribution in [-0.4, -0.2) is 70.4 Å². The molecule has 0 aliphatic rings. The smallest absolute Gasteiger partial charge is 0.327 e. The summed E-state index contributed by atoms with van der Waals surface area (Å²) in [6.45, 7) is 0.764. The summed E-state index contributed by atoms with van der Waals surface area (Å²) in [5.74, 6) is -3.59. The fraction of sp³-hybridized carbons (Fsp3) is 0.444. The molecule has 4 unspecified atom stereocenters. The largest absolute Gasteiger partial charge is 0.480 e. The van der Waals surface area contributed by atoms with Crippen molar-refractivity contribution in [2.24, 2.45) is 5.73 Å². The van der Waals surface area contributed by atoms with E-state index in [1.807, 2.05) is 6.07 Å². The second-order valence-corrected chi connectivity index (χ2v) is 6.75. The molecule has 7 N–H and O–H groups in total. The molecule has 0 aliphatic carbocycles. The van der Waals surface area contributed by atoms with Gasteiger partial charge in [0, 0.05) is 5.75 Å². The quantitative estimate of drug-likeness (QED) is 0.201. The Bertz CT molecular complexity index is 716. The van der Waals surface area contributed by atoms with E-state index in [0.29, 0.717) is 0 Å². The molecule has 0 aliphatic heterocycles. The van der Waals surface area contributed by atoms with E-state index in [4.69, 9.17) is 10.8 Å². The predicted molar refractivity (Wildman–Crippen MR) is 108 cm³/mol. The summed E-state index contributed by atoms with van der Waals surface area (Å²) in [6, 6.07) is 5.57. The average Bonchev–Trinajstić information content (AvgIpc) is 2.68. The molecule has 1 rings (SSSR count). The van der Waals surface area contributed by atoms with Crippen molar-refractivity contribution in [2.45, 2.75) is 37.6 Å². The molecule has 0 bridgehead atoms. The molecule has 0 saturated carbocycles. The molecule has 1 aromatic rings. The van der Waals surface area contributed by atoms with Crippen LogP contribution in [0.4, 0.5) is 0 Å². The van der Waals surface area contributed by atoms with Gasteiger partial charge in [-0.2, -0.15) is 12.6 Å². The van der Waals surface area contributed by atoms with Gasteiger partial charge in [0.15, 0.2) is 0 Å². The number of hydrogen-bond acceptors (Lipinski definition) is 7. The van der Waals surface area contributed by atoms with Crippen molar-refractivity contribution in [3.05, 3.63) is 35.9 Å². The molecular weight excluding hydrogens is 400 g/mol. The SMILES string of the molecule is CC(O)C(NC(=O)C(N)Cc1ccccc1)C(=O)NCC(=O)NC(CS)C(=O)O. The first kappa shape index (κ1) is 24.4. The van der Waals surface area contributed by atoms with E-state index < -0.39 is 54.5 Å². The molecule has 1 aromatic carbocycles. The van der Waals surface area contributed by atoms with Gasteiger partial charge in [-0.1, -0.05) is 30.3 Å². The fourth-order valence-electron chi connectivity index (χ4n) is 2.33. The highest BCUT2D eigenvalue weighted by Crippen LogP contribution is 2.03. The number of hydrogen-bond donors (Lipinski definition) is 7. The summed E-state index contributed by atoms with van der Waals surface area (Å²) >= 11 is 3.81. The predicted octanol–water partition coefficient (Wildman–Crippen LogP) is -1.96. The molecule has 0 fully saturated rings. The standard InChI is InChI=1S/C18H26N4O6S/c1-10(23)15(17(26)20-8-14(24)21-13(9-29)18(27)28)22-16(25)12(19)7-11-5-3-2-4-6-11/h2-6,10,12-13,15,23,29H,7-9,19H2,1H3,(H,20,26)(H,21,24)(H,22,25)(H,27,28). The number of amides is 3. The molecular formula is C18H26N4O6S. The van der Waals surface area contributed by atoms with E-state index in [0.717, 1.165) is 5.56 Å². The minimum atomic E-state index is -1.34. The molecule has 0 heterocycles. The number of carboxylic acid groups (broad SMARTS) is 1. The lowest BCUT2D eigenvalue weighted by Gasteiger charge is -2.23. The Hall–Kier alpha value is -2.63. The van der Waals surface area contributed by atoms with E-state index in [1.54, 1.807) is 24.3 Å². The first-order valence-corrected chi connectivity index (χ1v) is 9.47. The summed E-state index contributed by atoms with van der Waals surface area (Å²) in [5, 5.41) is 25.5. The van der Waals surface area contributed by atoms with Crippen molar-refractivity contribution in [1.82, 2.24) is 16.0 Å². The lowest BCUT2D eigenvalue weighted by molar-refractivity contribution is -0.141. The van der Waals surface area contributed by atoms with Crippen LogP contribution in [0.15, 0.2) is 30.3 Å². The molecule has 0 spiro atoms. The van der Waals surface area contributed by atoms with Crippen LogP contribution in [0.25, 0.3) is 0 Å². The van der Waals surface area contributed by atoms with Gasteiger partial charge in [0.25, 0.3) is 0 Å². The molecule has 10 nitrogen and oxygen atoms in total. The van der Waals surface area contributed by atoms with Crippen molar-refractivity contribution >= 4 is 36.3 Å². The number of rotatable bonds is 11. The van der Waals surface area contributed by atoms with Crippen LogP contribution in [0.1, 0.15) is 12.5 Å². The minimum absolute atomic E-state index is 0.124. The highest BCUT2D eigenvalue weighted by Gasteiger charge is 2.28. The van der Waals surface area contributed by atoms with Crippen molar-refractivity contribution in [3.8, 4) is 0 Å². The van der Waals surface area contributed by atoms with Gasteiger partial charge in [-0.05, 0) is 18.9 Å². The average molecular weight is 426 g/mol. The molecule has 4 atom stereocenters. The highest BCUT2D eigenvalue weighted by molar-refractivity contribution is 7.80. The highest BCUT2D eigenvalue weighted by atomic mass is 32.1. The van der Waals surface area contributed by atoms with Crippen molar-refractivity contribution in [1.29, 1.82) is 0 Å².